The van der Waals surface area contributed by atoms with Crippen LogP contribution in [0, 0.1) is 11.7 Å². The fourth-order valence-corrected chi connectivity index (χ4v) is 13.9. The van der Waals surface area contributed by atoms with Gasteiger partial charge in [0.15, 0.2) is 5.78 Å². The number of nitrogens with one attached hydrogen (secondary N) is 7. The van der Waals surface area contributed by atoms with Gasteiger partial charge < -0.3 is 76.6 Å². The van der Waals surface area contributed by atoms with Gasteiger partial charge in [0.05, 0.1) is 32.0 Å². The van der Waals surface area contributed by atoms with Crippen molar-refractivity contribution in [3.63, 3.8) is 0 Å². The Hall–Kier alpha value is -9.60. The van der Waals surface area contributed by atoms with E-state index in [0.717, 1.165) is 5.56 Å². The lowest BCUT2D eigenvalue weighted by molar-refractivity contribution is -0.148. The third kappa shape index (κ3) is 17.9. The molecular weight excluding hydrogens is 1290 g/mol. The van der Waals surface area contributed by atoms with E-state index < -0.39 is 144 Å². The summed E-state index contributed by atoms with van der Waals surface area (Å²) >= 11 is 0. The molecule has 0 aliphatic carbocycles. The standard InChI is InChI=1S/C73H90FN11O15/c1-42-66(91)81-57(38-75)67(92)79-55-33-46-9-7-10-47(31-46)39-77-63(90)41-100-60-24-29-84-65(60)69(94)82-64(43(2)86)68(93)80-56(32-44-12-19-53(98-4)20-13-44)71(96)85-28-8-25-73(85,3)72(97)76-26-23-45-11-14-48(15-17-52(87)18-22-62(89)78-42)61(34-45)99-30-6-5-27-83-40-50(35-49(70(84)95)36-59(55)88)54-37-51(74)16-21-58(54)83/h7,9-14,16,19-21,31,34,37,40,42-43,49,55-57,60,64-65,86H,5-6,8,15,17-18,22-30,32-33,35-36,38-39,41,75H2,1-4H3,(H,76,97)(H,77,90)(H,78,89)(H,79,92)(H,80,93)(H,81,91)(H,82,94)/t42-,43+,49+,55-,56-,57+,60-,64-,65-,73-/m0/s1. The molecule has 4 aromatic carbocycles. The molecule has 11 bridgehead atoms. The fourth-order valence-electron chi connectivity index (χ4n) is 13.9. The molecule has 1 aromatic heterocycles. The van der Waals surface area contributed by atoms with Crippen LogP contribution in [0.2, 0.25) is 0 Å². The van der Waals surface area contributed by atoms with Crippen LogP contribution >= 0.6 is 0 Å². The van der Waals surface area contributed by atoms with Crippen molar-refractivity contribution in [3.05, 3.63) is 130 Å². The van der Waals surface area contributed by atoms with Gasteiger partial charge in [0.1, 0.15) is 65.5 Å². The van der Waals surface area contributed by atoms with E-state index in [0.29, 0.717) is 82.4 Å². The molecule has 9 amide bonds. The minimum Gasteiger partial charge on any atom is -0.497 e. The molecule has 0 spiro atoms. The van der Waals surface area contributed by atoms with Crippen molar-refractivity contribution in [2.24, 2.45) is 11.7 Å². The number of aromatic nitrogens is 1. The van der Waals surface area contributed by atoms with Crippen LogP contribution in [0.1, 0.15) is 112 Å². The number of fused-ring (bicyclic) bond motifs is 11. The lowest BCUT2D eigenvalue weighted by Gasteiger charge is -2.37. The normalized spacial score (nSPS) is 26.2. The highest BCUT2D eigenvalue weighted by Gasteiger charge is 2.50. The SMILES string of the molecule is COc1ccc(C[C@@H]2NC(=O)[C@H]([C@@H](C)O)NC(=O)[C@@H]3[C@@H]4CCN3C(=O)[C@H]3CC(=O)[C@H](Cc5cccc(c5)CNC(=O)CO4)NC(=O)[C@@H](CN)NC(=O)[C@H](C)NC(=O)CCC(=O)CCc4ccc(cc4OCCCCn4cc(c5cc(F)ccc54)C3)CCNC(=O)[C@]3(C)CCCN3C2=O)cc1. The maximum atomic E-state index is 16.1. The van der Waals surface area contributed by atoms with Crippen LogP contribution in [0.25, 0.3) is 10.9 Å². The molecular formula is C73H90FN11O15. The van der Waals surface area contributed by atoms with E-state index in [1.54, 1.807) is 67.7 Å². The van der Waals surface area contributed by atoms with Gasteiger partial charge >= 0.3 is 0 Å². The Bertz CT molecular complexity index is 3900. The molecule has 10 atom stereocenters. The predicted octanol–water partition coefficient (Wildman–Crippen LogP) is 2.00. The number of ether oxygens (including phenoxy) is 3. The van der Waals surface area contributed by atoms with Gasteiger partial charge in [-0.1, -0.05) is 48.5 Å². The summed E-state index contributed by atoms with van der Waals surface area (Å²) in [5, 5.41) is 31.2. The Morgan fingerprint density at radius 3 is 2.25 bits per heavy atom. The average molecular weight is 1380 g/mol. The van der Waals surface area contributed by atoms with Crippen LogP contribution in [0.5, 0.6) is 11.5 Å². The number of aliphatic hydroxyl groups is 1. The Kier molecular flexibility index (Phi) is 24.2. The first-order valence-electron chi connectivity index (χ1n) is 34.4. The zero-order chi connectivity index (χ0) is 71.4. The average Bonchev–Trinajstić information content (AvgIpc) is 1.60. The number of amides is 9. The number of nitrogens with two attached hydrogens (primary N) is 1. The number of rotatable bonds is 5. The molecule has 2 fully saturated rings. The van der Waals surface area contributed by atoms with Gasteiger partial charge in [0.2, 0.25) is 53.2 Å². The minimum absolute atomic E-state index is 0.0355. The van der Waals surface area contributed by atoms with Crippen molar-refractivity contribution in [3.8, 4) is 11.5 Å². The number of nitrogens with zero attached hydrogens (tertiary/aromatic N) is 3. The van der Waals surface area contributed by atoms with Gasteiger partial charge in [0.25, 0.3) is 0 Å². The van der Waals surface area contributed by atoms with E-state index >= 15 is 28.4 Å². The number of benzene rings is 4. The first-order chi connectivity index (χ1) is 48.0. The number of ketones is 2. The van der Waals surface area contributed by atoms with Crippen molar-refractivity contribution < 1.29 is 76.4 Å². The third-order valence-electron chi connectivity index (χ3n) is 19.6. The van der Waals surface area contributed by atoms with E-state index in [4.69, 9.17) is 19.9 Å². The number of Topliss-reactive ketones (excluding diaryl/α,β-unsaturated/α-hetero) is 2. The summed E-state index contributed by atoms with van der Waals surface area (Å²) < 4.78 is 35.8. The lowest BCUT2D eigenvalue weighted by Crippen LogP contribution is -2.63. The molecule has 0 unspecified atom stereocenters. The molecule has 2 saturated heterocycles. The molecule has 27 heteroatoms. The summed E-state index contributed by atoms with van der Waals surface area (Å²) in [4.78, 5) is 164. The monoisotopic (exact) mass is 1380 g/mol. The molecule has 0 saturated carbocycles. The Labute approximate surface area is 579 Å². The number of aliphatic hydroxyl groups excluding tert-OH is 1. The highest BCUT2D eigenvalue weighted by Crippen LogP contribution is 2.34. The van der Waals surface area contributed by atoms with Gasteiger partial charge in [-0.2, -0.15) is 0 Å². The largest absolute Gasteiger partial charge is 0.497 e. The summed E-state index contributed by atoms with van der Waals surface area (Å²) in [7, 11) is 1.49. The molecule has 10 rings (SSSR count). The van der Waals surface area contributed by atoms with E-state index in [9.17, 15) is 33.9 Å². The Balaban J connectivity index is 1.09. The third-order valence-corrected chi connectivity index (χ3v) is 19.6. The van der Waals surface area contributed by atoms with Crippen molar-refractivity contribution in [2.75, 3.05) is 46.5 Å². The molecule has 10 N–H and O–H groups in total. The smallest absolute Gasteiger partial charge is 0.246 e. The van der Waals surface area contributed by atoms with Crippen LogP contribution in [0.3, 0.4) is 0 Å². The number of halogens is 1. The van der Waals surface area contributed by atoms with E-state index in [-0.39, 0.29) is 96.4 Å². The maximum absolute atomic E-state index is 16.1. The predicted molar refractivity (Wildman–Crippen MR) is 363 cm³/mol. The molecule has 5 aliphatic rings. The molecule has 0 radical (unpaired) electrons. The number of carbonyl (C=O) groups is 11. The zero-order valence-electron chi connectivity index (χ0n) is 56.9. The fraction of sp³-hybridized carbons (Fsp3) is 0.493. The van der Waals surface area contributed by atoms with E-state index in [1.165, 1.54) is 42.9 Å². The minimum atomic E-state index is -1.82. The van der Waals surface area contributed by atoms with E-state index in [2.05, 4.69) is 37.2 Å². The van der Waals surface area contributed by atoms with Gasteiger partial charge in [0, 0.05) is 94.4 Å². The summed E-state index contributed by atoms with van der Waals surface area (Å²) in [6.45, 7) is 3.81. The second kappa shape index (κ2) is 33.0. The molecule has 5 aliphatic heterocycles. The molecule has 26 nitrogen and oxygen atoms in total. The van der Waals surface area contributed by atoms with Crippen LogP contribution in [-0.2, 0) is 103 Å². The highest BCUT2D eigenvalue weighted by atomic mass is 19.1. The number of carbonyl (C=O) groups excluding carboxylic acids is 11. The van der Waals surface area contributed by atoms with Gasteiger partial charge in [-0.15, -0.1) is 0 Å². The van der Waals surface area contributed by atoms with Gasteiger partial charge in [-0.25, -0.2) is 4.39 Å². The molecule has 6 heterocycles. The molecule has 100 heavy (non-hydrogen) atoms. The summed E-state index contributed by atoms with van der Waals surface area (Å²) in [5.74, 6) is -8.73. The number of hydrogen-bond acceptors (Lipinski definition) is 16. The summed E-state index contributed by atoms with van der Waals surface area (Å²) in [6, 6.07) is 14.4. The van der Waals surface area contributed by atoms with Crippen LogP contribution in [-0.4, -0.2) is 185 Å². The van der Waals surface area contributed by atoms with Gasteiger partial charge in [-0.05, 0) is 148 Å². The van der Waals surface area contributed by atoms with Crippen molar-refractivity contribution >= 4 is 75.6 Å². The Morgan fingerprint density at radius 2 is 1.48 bits per heavy atom. The quantitative estimate of drug-likeness (QED) is 0.122. The molecule has 534 valence electrons. The maximum Gasteiger partial charge on any atom is 0.246 e. The number of hydrogen-bond donors (Lipinski definition) is 9. The van der Waals surface area contributed by atoms with Crippen LogP contribution < -0.4 is 52.4 Å². The summed E-state index contributed by atoms with van der Waals surface area (Å²) in [5.41, 5.74) is 8.94. The van der Waals surface area contributed by atoms with Crippen molar-refractivity contribution in [1.82, 2.24) is 51.6 Å². The summed E-state index contributed by atoms with van der Waals surface area (Å²) in [6.07, 6.45) is -0.482. The van der Waals surface area contributed by atoms with Crippen LogP contribution in [0.4, 0.5) is 4.39 Å². The highest BCUT2D eigenvalue weighted by molar-refractivity contribution is 6.00. The van der Waals surface area contributed by atoms with Crippen molar-refractivity contribution in [2.45, 2.75) is 178 Å². The molecule has 5 aromatic rings. The number of aryl methyl sites for hydroxylation is 2. The topological polar surface area (TPSA) is 357 Å². The number of methoxy groups -OCH3 is 1. The Morgan fingerprint density at radius 1 is 0.710 bits per heavy atom. The van der Waals surface area contributed by atoms with E-state index in [1.807, 2.05) is 22.8 Å². The van der Waals surface area contributed by atoms with Crippen LogP contribution in [0.15, 0.2) is 91.1 Å². The van der Waals surface area contributed by atoms with Crippen molar-refractivity contribution in [1.29, 1.82) is 0 Å². The second-order valence-corrected chi connectivity index (χ2v) is 26.9. The zero-order valence-corrected chi connectivity index (χ0v) is 56.9. The first-order valence-corrected chi connectivity index (χ1v) is 34.4. The van der Waals surface area contributed by atoms with Gasteiger partial charge in [-0.3, -0.25) is 52.7 Å². The second-order valence-electron chi connectivity index (χ2n) is 26.9. The first kappa shape index (κ1) is 73.1. The lowest BCUT2D eigenvalue weighted by atomic mass is 9.88.